The van der Waals surface area contributed by atoms with E-state index in [9.17, 15) is 0 Å². The zero-order valence-electron chi connectivity index (χ0n) is 6.99. The van der Waals surface area contributed by atoms with E-state index in [0.29, 0.717) is 0 Å². The molecule has 0 heterocycles. The molecule has 0 rings (SSSR count). The first-order valence-corrected chi connectivity index (χ1v) is 6.48. The number of halogens is 3. The van der Waals surface area contributed by atoms with Gasteiger partial charge in [-0.05, 0) is 38.3 Å². The van der Waals surface area contributed by atoms with Gasteiger partial charge in [-0.1, -0.05) is 42.1 Å². The molecule has 0 aromatic rings. The third-order valence-electron chi connectivity index (χ3n) is 1.53. The molecule has 0 bridgehead atoms. The number of aliphatic hydroxyl groups excluding tert-OH is 1. The van der Waals surface area contributed by atoms with Crippen LogP contribution in [0.3, 0.4) is 0 Å². The maximum atomic E-state index is 9.07. The molecule has 0 amide bonds. The number of unbranched alkanes of at least 4 members (excludes halogenated alkanes) is 2. The first kappa shape index (κ1) is 13.0. The summed E-state index contributed by atoms with van der Waals surface area (Å²) in [6.07, 6.45) is 4.69. The molecule has 0 aliphatic carbocycles. The van der Waals surface area contributed by atoms with Gasteiger partial charge >= 0.3 is 0 Å². The molecule has 72 valence electrons. The first-order chi connectivity index (χ1) is 5.59. The average Bonchev–Trinajstić information content (AvgIpc) is 2.03. The van der Waals surface area contributed by atoms with Gasteiger partial charge in [-0.25, -0.2) is 0 Å². The Bertz CT molecular complexity index is 152. The maximum Gasteiger partial charge on any atom is 0.170 e. The zero-order valence-corrected chi connectivity index (χ0v) is 11.7. The fraction of sp³-hybridized carbons (Fsp3) is 0.750. The molecule has 1 atom stereocenters. The summed E-state index contributed by atoms with van der Waals surface area (Å²) in [5.74, 6) is 0. The summed E-state index contributed by atoms with van der Waals surface area (Å²) in [6, 6.07) is 0. The van der Waals surface area contributed by atoms with Gasteiger partial charge in [0.05, 0.1) is 9.31 Å². The van der Waals surface area contributed by atoms with Crippen LogP contribution in [0, 0.1) is 0 Å². The van der Waals surface area contributed by atoms with Gasteiger partial charge in [0.1, 0.15) is 0 Å². The minimum Gasteiger partial charge on any atom is -0.501 e. The summed E-state index contributed by atoms with van der Waals surface area (Å²) in [7, 11) is 0. The van der Waals surface area contributed by atoms with E-state index in [1.54, 1.807) is 0 Å². The predicted molar refractivity (Wildman–Crippen MR) is 64.4 cm³/mol. The van der Waals surface area contributed by atoms with E-state index < -0.39 is 0 Å². The standard InChI is InChI=1S/C8H13Br3O/c1-2-3-4-5-6(9)7(10)8(11)12/h6,12H,2-5H2,1H3. The highest BCUT2D eigenvalue weighted by Crippen LogP contribution is 2.28. The van der Waals surface area contributed by atoms with Crippen LogP contribution in [-0.4, -0.2) is 9.93 Å². The molecule has 0 aliphatic rings. The predicted octanol–water partition coefficient (Wildman–Crippen LogP) is 4.85. The van der Waals surface area contributed by atoms with Gasteiger partial charge in [0.25, 0.3) is 0 Å². The van der Waals surface area contributed by atoms with Gasteiger partial charge in [-0.3, -0.25) is 0 Å². The molecule has 12 heavy (non-hydrogen) atoms. The van der Waals surface area contributed by atoms with E-state index in [4.69, 9.17) is 5.11 Å². The Kier molecular flexibility index (Phi) is 7.99. The van der Waals surface area contributed by atoms with E-state index in [0.717, 1.165) is 10.9 Å². The number of rotatable bonds is 5. The second kappa shape index (κ2) is 7.39. The summed E-state index contributed by atoms with van der Waals surface area (Å²) >= 11 is 9.78. The Hall–Kier alpha value is 0.980. The summed E-state index contributed by atoms with van der Waals surface area (Å²) in [4.78, 5) is 0.225. The first-order valence-electron chi connectivity index (χ1n) is 3.97. The molecule has 0 fully saturated rings. The number of aliphatic hydroxyl groups is 1. The third kappa shape index (κ3) is 5.60. The van der Waals surface area contributed by atoms with Crippen LogP contribution in [0.2, 0.25) is 0 Å². The maximum absolute atomic E-state index is 9.07. The zero-order chi connectivity index (χ0) is 9.56. The number of hydrogen-bond donors (Lipinski definition) is 1. The summed E-state index contributed by atoms with van der Waals surface area (Å²) in [6.45, 7) is 2.18. The second-order valence-electron chi connectivity index (χ2n) is 2.60. The van der Waals surface area contributed by atoms with Crippen LogP contribution in [0.25, 0.3) is 0 Å². The Labute approximate surface area is 99.0 Å². The van der Waals surface area contributed by atoms with Crippen molar-refractivity contribution in [1.29, 1.82) is 0 Å². The van der Waals surface area contributed by atoms with Crippen molar-refractivity contribution in [2.75, 3.05) is 0 Å². The van der Waals surface area contributed by atoms with Crippen molar-refractivity contribution in [2.24, 2.45) is 0 Å². The molecule has 1 unspecified atom stereocenters. The Morgan fingerprint density at radius 2 is 1.92 bits per heavy atom. The van der Waals surface area contributed by atoms with E-state index in [1.165, 1.54) is 19.3 Å². The minimum atomic E-state index is 0.181. The fourth-order valence-corrected chi connectivity index (χ4v) is 2.18. The van der Waals surface area contributed by atoms with Crippen LogP contribution in [0.1, 0.15) is 32.6 Å². The Balaban J connectivity index is 3.72. The van der Waals surface area contributed by atoms with Gasteiger partial charge in [0, 0.05) is 0 Å². The molecule has 0 saturated heterocycles. The molecule has 4 heteroatoms. The van der Waals surface area contributed by atoms with Gasteiger partial charge in [-0.15, -0.1) is 0 Å². The highest BCUT2D eigenvalue weighted by atomic mass is 79.9. The molecule has 0 aromatic heterocycles. The number of alkyl halides is 1. The van der Waals surface area contributed by atoms with Gasteiger partial charge in [-0.2, -0.15) is 0 Å². The summed E-state index contributed by atoms with van der Waals surface area (Å²) in [5.41, 5.74) is 0. The lowest BCUT2D eigenvalue weighted by Crippen LogP contribution is -1.98. The van der Waals surface area contributed by atoms with Crippen LogP contribution in [0.15, 0.2) is 9.15 Å². The largest absolute Gasteiger partial charge is 0.501 e. The number of allylic oxidation sites excluding steroid dienone is 1. The molecule has 0 aromatic carbocycles. The highest BCUT2D eigenvalue weighted by molar-refractivity contribution is 9.15. The summed E-state index contributed by atoms with van der Waals surface area (Å²) < 4.78 is 0.972. The van der Waals surface area contributed by atoms with Crippen LogP contribution in [0.4, 0.5) is 0 Å². The fourth-order valence-electron chi connectivity index (χ4n) is 0.830. The van der Waals surface area contributed by atoms with Crippen molar-refractivity contribution >= 4 is 47.8 Å². The average molecular weight is 365 g/mol. The molecule has 0 saturated carbocycles. The van der Waals surface area contributed by atoms with Crippen molar-refractivity contribution < 1.29 is 5.11 Å². The molecule has 1 N–H and O–H groups in total. The Morgan fingerprint density at radius 3 is 2.33 bits per heavy atom. The van der Waals surface area contributed by atoms with Crippen LogP contribution < -0.4 is 0 Å². The normalized spacial score (nSPS) is 15.7. The molecule has 0 spiro atoms. The molecular weight excluding hydrogens is 352 g/mol. The van der Waals surface area contributed by atoms with Crippen LogP contribution in [0.5, 0.6) is 0 Å². The van der Waals surface area contributed by atoms with E-state index in [1.807, 2.05) is 0 Å². The molecule has 1 nitrogen and oxygen atoms in total. The van der Waals surface area contributed by atoms with Gasteiger partial charge in [0.2, 0.25) is 0 Å². The van der Waals surface area contributed by atoms with E-state index in [2.05, 4.69) is 54.7 Å². The lowest BCUT2D eigenvalue weighted by Gasteiger charge is -2.08. The quantitative estimate of drug-likeness (QED) is 0.420. The summed E-state index contributed by atoms with van der Waals surface area (Å²) in [5, 5.41) is 9.07. The Morgan fingerprint density at radius 1 is 1.33 bits per heavy atom. The molecule has 0 radical (unpaired) electrons. The van der Waals surface area contributed by atoms with Crippen molar-refractivity contribution in [3.05, 3.63) is 9.15 Å². The molecular formula is C8H13Br3O. The highest BCUT2D eigenvalue weighted by Gasteiger charge is 2.10. The lowest BCUT2D eigenvalue weighted by atomic mass is 10.1. The van der Waals surface area contributed by atoms with Crippen LogP contribution in [-0.2, 0) is 0 Å². The molecule has 0 aliphatic heterocycles. The minimum absolute atomic E-state index is 0.181. The van der Waals surface area contributed by atoms with Crippen molar-refractivity contribution in [2.45, 2.75) is 37.4 Å². The van der Waals surface area contributed by atoms with Gasteiger partial charge in [0.15, 0.2) is 4.67 Å². The van der Waals surface area contributed by atoms with E-state index in [-0.39, 0.29) is 9.50 Å². The van der Waals surface area contributed by atoms with E-state index >= 15 is 0 Å². The number of hydrogen-bond acceptors (Lipinski definition) is 1. The van der Waals surface area contributed by atoms with Crippen molar-refractivity contribution in [3.63, 3.8) is 0 Å². The SMILES string of the molecule is CCCCCC(Br)C(Br)=C(O)Br. The van der Waals surface area contributed by atoms with Crippen molar-refractivity contribution in [1.82, 2.24) is 0 Å². The lowest BCUT2D eigenvalue weighted by molar-refractivity contribution is 0.456. The third-order valence-corrected chi connectivity index (χ3v) is 4.95. The topological polar surface area (TPSA) is 20.2 Å². The van der Waals surface area contributed by atoms with Crippen LogP contribution >= 0.6 is 47.8 Å². The monoisotopic (exact) mass is 362 g/mol. The van der Waals surface area contributed by atoms with Gasteiger partial charge < -0.3 is 5.11 Å². The second-order valence-corrected chi connectivity index (χ2v) is 5.31. The van der Waals surface area contributed by atoms with Crippen molar-refractivity contribution in [3.8, 4) is 0 Å². The smallest absolute Gasteiger partial charge is 0.170 e.